The van der Waals surface area contributed by atoms with Crippen LogP contribution < -0.4 is 0 Å². The predicted octanol–water partition coefficient (Wildman–Crippen LogP) is 22.0. The number of unbranched alkanes of at least 4 members (excludes halogenated alkanes) is 45. The summed E-state index contributed by atoms with van der Waals surface area (Å²) < 4.78 is 17.0. The first-order valence-electron chi connectivity index (χ1n) is 32.7. The van der Waals surface area contributed by atoms with E-state index in [1.54, 1.807) is 0 Å². The lowest BCUT2D eigenvalue weighted by Gasteiger charge is -2.18. The zero-order valence-electron chi connectivity index (χ0n) is 49.6. The van der Waals surface area contributed by atoms with Crippen LogP contribution in [0.15, 0.2) is 0 Å². The molecule has 0 unspecified atom stereocenters. The van der Waals surface area contributed by atoms with Gasteiger partial charge in [0.25, 0.3) is 0 Å². The van der Waals surface area contributed by atoms with E-state index in [9.17, 15) is 14.4 Å². The highest BCUT2D eigenvalue weighted by Crippen LogP contribution is 2.19. The Hall–Kier alpha value is -1.59. The van der Waals surface area contributed by atoms with Crippen LogP contribution in [0.1, 0.15) is 375 Å². The molecule has 0 heterocycles. The zero-order chi connectivity index (χ0) is 52.5. The Morgan fingerprint density at radius 3 is 0.681 bits per heavy atom. The average Bonchev–Trinajstić information content (AvgIpc) is 3.36. The second kappa shape index (κ2) is 58.7. The lowest BCUT2D eigenvalue weighted by molar-refractivity contribution is -0.167. The fraction of sp³-hybridized carbons (Fsp3) is 0.955. The molecule has 0 bridgehead atoms. The van der Waals surface area contributed by atoms with Crippen molar-refractivity contribution in [1.29, 1.82) is 0 Å². The number of carbonyl (C=O) groups is 3. The highest BCUT2D eigenvalue weighted by Gasteiger charge is 2.19. The van der Waals surface area contributed by atoms with Crippen molar-refractivity contribution < 1.29 is 28.6 Å². The van der Waals surface area contributed by atoms with Crippen LogP contribution in [-0.4, -0.2) is 37.2 Å². The van der Waals surface area contributed by atoms with E-state index in [1.165, 1.54) is 263 Å². The smallest absolute Gasteiger partial charge is 0.306 e. The molecule has 0 aromatic heterocycles. The normalized spacial score (nSPS) is 12.0. The van der Waals surface area contributed by atoms with E-state index in [0.29, 0.717) is 19.3 Å². The molecule has 0 aromatic carbocycles. The molecule has 72 heavy (non-hydrogen) atoms. The largest absolute Gasteiger partial charge is 0.462 e. The standard InChI is InChI=1S/C66H128O6/c1-6-7-8-9-10-11-12-13-14-15-21-26-31-36-41-46-51-56-64(67)70-59-63(60-71-65(68)57-52-47-42-37-32-27-23-18-20-25-30-35-40-45-50-55-62(4)5)72-66(69)58-53-48-43-38-33-28-22-17-16-19-24-29-34-39-44-49-54-61(2)3/h61-63H,6-60H2,1-5H3/t63-/m0/s1. The molecule has 0 fully saturated rings. The van der Waals surface area contributed by atoms with E-state index < -0.39 is 6.10 Å². The molecule has 0 N–H and O–H groups in total. The fourth-order valence-corrected chi connectivity index (χ4v) is 10.3. The minimum Gasteiger partial charge on any atom is -0.462 e. The van der Waals surface area contributed by atoms with Gasteiger partial charge in [0.1, 0.15) is 13.2 Å². The summed E-state index contributed by atoms with van der Waals surface area (Å²) in [7, 11) is 0. The highest BCUT2D eigenvalue weighted by molar-refractivity contribution is 5.71. The molecule has 428 valence electrons. The van der Waals surface area contributed by atoms with Gasteiger partial charge in [-0.1, -0.05) is 336 Å². The minimum atomic E-state index is -0.764. The minimum absolute atomic E-state index is 0.0616. The van der Waals surface area contributed by atoms with Crippen molar-refractivity contribution in [2.75, 3.05) is 13.2 Å². The van der Waals surface area contributed by atoms with Crippen molar-refractivity contribution in [2.45, 2.75) is 381 Å². The maximum Gasteiger partial charge on any atom is 0.306 e. The van der Waals surface area contributed by atoms with Gasteiger partial charge >= 0.3 is 17.9 Å². The lowest BCUT2D eigenvalue weighted by Crippen LogP contribution is -2.30. The van der Waals surface area contributed by atoms with Crippen molar-refractivity contribution in [2.24, 2.45) is 11.8 Å². The van der Waals surface area contributed by atoms with E-state index in [2.05, 4.69) is 34.6 Å². The molecule has 1 atom stereocenters. The molecule has 0 radical (unpaired) electrons. The van der Waals surface area contributed by atoms with Gasteiger partial charge < -0.3 is 14.2 Å². The van der Waals surface area contributed by atoms with Crippen molar-refractivity contribution in [3.63, 3.8) is 0 Å². The predicted molar refractivity (Wildman–Crippen MR) is 312 cm³/mol. The quantitative estimate of drug-likeness (QED) is 0.0343. The van der Waals surface area contributed by atoms with Crippen LogP contribution in [-0.2, 0) is 28.6 Å². The number of hydrogen-bond acceptors (Lipinski definition) is 6. The van der Waals surface area contributed by atoms with Crippen LogP contribution in [0.25, 0.3) is 0 Å². The van der Waals surface area contributed by atoms with Crippen LogP contribution in [0.5, 0.6) is 0 Å². The monoisotopic (exact) mass is 1020 g/mol. The van der Waals surface area contributed by atoms with Crippen molar-refractivity contribution >= 4 is 17.9 Å². The number of ether oxygens (including phenoxy) is 3. The summed E-state index contributed by atoms with van der Waals surface area (Å²) in [6.45, 7) is 11.5. The molecular formula is C66H128O6. The van der Waals surface area contributed by atoms with Gasteiger partial charge in [-0.3, -0.25) is 14.4 Å². The molecular weight excluding hydrogens is 889 g/mol. The second-order valence-corrected chi connectivity index (χ2v) is 23.7. The Bertz CT molecular complexity index is 1100. The molecule has 0 amide bonds. The van der Waals surface area contributed by atoms with Gasteiger partial charge in [-0.15, -0.1) is 0 Å². The summed E-state index contributed by atoms with van der Waals surface area (Å²) in [4.78, 5) is 38.4. The topological polar surface area (TPSA) is 78.9 Å². The molecule has 0 rings (SSSR count). The van der Waals surface area contributed by atoms with Crippen molar-refractivity contribution in [3.8, 4) is 0 Å². The van der Waals surface area contributed by atoms with Gasteiger partial charge in [-0.25, -0.2) is 0 Å². The van der Waals surface area contributed by atoms with Crippen LogP contribution in [0, 0.1) is 11.8 Å². The van der Waals surface area contributed by atoms with E-state index in [-0.39, 0.29) is 31.1 Å². The number of rotatable bonds is 60. The molecule has 6 heteroatoms. The van der Waals surface area contributed by atoms with E-state index in [1.807, 2.05) is 0 Å². The SMILES string of the molecule is CCCCCCCCCCCCCCCCCCCC(=O)OC[C@@H](COC(=O)CCCCCCCCCCCCCCCCCC(C)C)OC(=O)CCCCCCCCCCCCCCCCCCC(C)C. The number of hydrogen-bond donors (Lipinski definition) is 0. The van der Waals surface area contributed by atoms with E-state index >= 15 is 0 Å². The van der Waals surface area contributed by atoms with E-state index in [4.69, 9.17) is 14.2 Å². The van der Waals surface area contributed by atoms with Crippen LogP contribution >= 0.6 is 0 Å². The summed E-state index contributed by atoms with van der Waals surface area (Å²) >= 11 is 0. The van der Waals surface area contributed by atoms with Crippen LogP contribution in [0.4, 0.5) is 0 Å². The highest BCUT2D eigenvalue weighted by atomic mass is 16.6. The number of esters is 3. The summed E-state index contributed by atoms with van der Waals surface area (Å²) in [5.74, 6) is 0.872. The fourth-order valence-electron chi connectivity index (χ4n) is 10.3. The molecule has 0 aliphatic heterocycles. The Kier molecular flexibility index (Phi) is 57.4. The van der Waals surface area contributed by atoms with Gasteiger partial charge in [0.2, 0.25) is 0 Å². The Morgan fingerprint density at radius 2 is 0.458 bits per heavy atom. The molecule has 0 aliphatic carbocycles. The third-order valence-corrected chi connectivity index (χ3v) is 15.2. The van der Waals surface area contributed by atoms with Crippen molar-refractivity contribution in [3.05, 3.63) is 0 Å². The van der Waals surface area contributed by atoms with Crippen LogP contribution in [0.2, 0.25) is 0 Å². The van der Waals surface area contributed by atoms with Crippen LogP contribution in [0.3, 0.4) is 0 Å². The third kappa shape index (κ3) is 59.3. The summed E-state index contributed by atoms with van der Waals surface area (Å²) in [5, 5.41) is 0. The molecule has 0 aromatic rings. The van der Waals surface area contributed by atoms with Gasteiger partial charge in [0, 0.05) is 19.3 Å². The third-order valence-electron chi connectivity index (χ3n) is 15.2. The maximum atomic E-state index is 12.9. The molecule has 6 nitrogen and oxygen atoms in total. The molecule has 0 spiro atoms. The maximum absolute atomic E-state index is 12.9. The van der Waals surface area contributed by atoms with Gasteiger partial charge in [-0.05, 0) is 31.1 Å². The van der Waals surface area contributed by atoms with Gasteiger partial charge in [-0.2, -0.15) is 0 Å². The first-order valence-corrected chi connectivity index (χ1v) is 32.7. The number of carbonyl (C=O) groups excluding carboxylic acids is 3. The summed E-state index contributed by atoms with van der Waals surface area (Å²) in [6.07, 6.45) is 65.3. The Balaban J connectivity index is 4.29. The average molecular weight is 1020 g/mol. The molecule has 0 aliphatic rings. The van der Waals surface area contributed by atoms with Gasteiger partial charge in [0.05, 0.1) is 0 Å². The molecule has 0 saturated heterocycles. The first-order chi connectivity index (χ1) is 35.2. The Morgan fingerprint density at radius 1 is 0.264 bits per heavy atom. The van der Waals surface area contributed by atoms with E-state index in [0.717, 1.165) is 69.6 Å². The summed E-state index contributed by atoms with van der Waals surface area (Å²) in [6, 6.07) is 0. The lowest BCUT2D eigenvalue weighted by atomic mass is 10.0. The summed E-state index contributed by atoms with van der Waals surface area (Å²) in [5.41, 5.74) is 0. The zero-order valence-corrected chi connectivity index (χ0v) is 49.6. The van der Waals surface area contributed by atoms with Gasteiger partial charge in [0.15, 0.2) is 6.10 Å². The first kappa shape index (κ1) is 70.4. The second-order valence-electron chi connectivity index (χ2n) is 23.7. The van der Waals surface area contributed by atoms with Crippen molar-refractivity contribution in [1.82, 2.24) is 0 Å². The Labute approximate surface area is 450 Å². The molecule has 0 saturated carbocycles.